The summed E-state index contributed by atoms with van der Waals surface area (Å²) in [5.41, 5.74) is 1.12. The van der Waals surface area contributed by atoms with E-state index in [1.54, 1.807) is 18.0 Å². The van der Waals surface area contributed by atoms with E-state index in [4.69, 9.17) is 11.6 Å². The summed E-state index contributed by atoms with van der Waals surface area (Å²) < 4.78 is 0. The van der Waals surface area contributed by atoms with Gasteiger partial charge in [-0.25, -0.2) is 9.97 Å². The van der Waals surface area contributed by atoms with Crippen molar-refractivity contribution in [2.75, 3.05) is 11.9 Å². The molecule has 0 saturated carbocycles. The van der Waals surface area contributed by atoms with E-state index < -0.39 is 0 Å². The van der Waals surface area contributed by atoms with Crippen molar-refractivity contribution in [3.8, 4) is 0 Å². The molecule has 0 saturated heterocycles. The van der Waals surface area contributed by atoms with E-state index in [2.05, 4.69) is 22.2 Å². The second-order valence-corrected chi connectivity index (χ2v) is 5.43. The number of hydrogen-bond acceptors (Lipinski definition) is 4. The van der Waals surface area contributed by atoms with Crippen LogP contribution in [0.4, 0.5) is 5.95 Å². The number of rotatable bonds is 6. The Morgan fingerprint density at radius 3 is 2.89 bits per heavy atom. The summed E-state index contributed by atoms with van der Waals surface area (Å²) in [6.07, 6.45) is 2.83. The number of benzene rings is 1. The van der Waals surface area contributed by atoms with Crippen molar-refractivity contribution >= 4 is 29.3 Å². The first-order valence-corrected chi connectivity index (χ1v) is 7.59. The summed E-state index contributed by atoms with van der Waals surface area (Å²) in [4.78, 5) is 8.64. The molecular formula is C14H16ClN3S. The highest BCUT2D eigenvalue weighted by Gasteiger charge is 2.03. The van der Waals surface area contributed by atoms with Crippen molar-refractivity contribution in [1.29, 1.82) is 0 Å². The Morgan fingerprint density at radius 2 is 2.11 bits per heavy atom. The van der Waals surface area contributed by atoms with Crippen LogP contribution in [0, 0.1) is 0 Å². The van der Waals surface area contributed by atoms with Gasteiger partial charge in [-0.3, -0.25) is 0 Å². The number of nitrogens with zero attached hydrogens (tertiary/aromatic N) is 2. The van der Waals surface area contributed by atoms with E-state index in [9.17, 15) is 0 Å². The van der Waals surface area contributed by atoms with Crippen LogP contribution in [0.25, 0.3) is 0 Å². The van der Waals surface area contributed by atoms with E-state index in [0.717, 1.165) is 34.3 Å². The molecule has 3 nitrogen and oxygen atoms in total. The molecule has 1 heterocycles. The first kappa shape index (κ1) is 14.2. The molecule has 2 aromatic rings. The van der Waals surface area contributed by atoms with Crippen LogP contribution in [0.15, 0.2) is 41.6 Å². The first-order valence-electron chi connectivity index (χ1n) is 6.22. The quantitative estimate of drug-likeness (QED) is 0.638. The lowest BCUT2D eigenvalue weighted by Gasteiger charge is -2.06. The van der Waals surface area contributed by atoms with Gasteiger partial charge in [0, 0.05) is 23.5 Å². The molecule has 5 heteroatoms. The summed E-state index contributed by atoms with van der Waals surface area (Å²) in [5, 5.41) is 4.93. The van der Waals surface area contributed by atoms with Crippen molar-refractivity contribution in [2.45, 2.75) is 24.1 Å². The zero-order chi connectivity index (χ0) is 13.5. The molecule has 2 rings (SSSR count). The fourth-order valence-electron chi connectivity index (χ4n) is 1.51. The lowest BCUT2D eigenvalue weighted by atomic mass is 10.2. The molecule has 19 heavy (non-hydrogen) atoms. The van der Waals surface area contributed by atoms with Gasteiger partial charge in [-0.2, -0.15) is 0 Å². The lowest BCUT2D eigenvalue weighted by Crippen LogP contribution is -2.04. The van der Waals surface area contributed by atoms with Crippen molar-refractivity contribution < 1.29 is 0 Å². The Bertz CT molecular complexity index is 534. The van der Waals surface area contributed by atoms with E-state index in [1.165, 1.54) is 0 Å². The zero-order valence-electron chi connectivity index (χ0n) is 10.8. The molecule has 100 valence electrons. The van der Waals surface area contributed by atoms with Gasteiger partial charge in [-0.05, 0) is 24.1 Å². The SMILES string of the molecule is CCCNc1nccc(SCc2ccccc2Cl)n1. The maximum Gasteiger partial charge on any atom is 0.223 e. The molecule has 0 atom stereocenters. The van der Waals surface area contributed by atoms with Crippen LogP contribution >= 0.6 is 23.4 Å². The third-order valence-corrected chi connectivity index (χ3v) is 3.84. The van der Waals surface area contributed by atoms with Crippen LogP contribution in [0.3, 0.4) is 0 Å². The van der Waals surface area contributed by atoms with Crippen molar-refractivity contribution in [3.05, 3.63) is 47.1 Å². The highest BCUT2D eigenvalue weighted by Crippen LogP contribution is 2.25. The highest BCUT2D eigenvalue weighted by atomic mass is 35.5. The first-order chi connectivity index (χ1) is 9.29. The largest absolute Gasteiger partial charge is 0.354 e. The van der Waals surface area contributed by atoms with Crippen molar-refractivity contribution in [1.82, 2.24) is 9.97 Å². The van der Waals surface area contributed by atoms with Crippen LogP contribution in [0.1, 0.15) is 18.9 Å². The average molecular weight is 294 g/mol. The van der Waals surface area contributed by atoms with E-state index in [1.807, 2.05) is 30.3 Å². The molecule has 1 aromatic heterocycles. The molecule has 0 unspecified atom stereocenters. The van der Waals surface area contributed by atoms with Gasteiger partial charge in [0.15, 0.2) is 0 Å². The third kappa shape index (κ3) is 4.40. The topological polar surface area (TPSA) is 37.8 Å². The van der Waals surface area contributed by atoms with E-state index in [-0.39, 0.29) is 0 Å². The second-order valence-electron chi connectivity index (χ2n) is 4.03. The maximum atomic E-state index is 6.13. The fraction of sp³-hybridized carbons (Fsp3) is 0.286. The monoisotopic (exact) mass is 293 g/mol. The minimum Gasteiger partial charge on any atom is -0.354 e. The Hall–Kier alpha value is -1.26. The molecule has 0 bridgehead atoms. The summed E-state index contributed by atoms with van der Waals surface area (Å²) in [5.74, 6) is 1.50. The van der Waals surface area contributed by atoms with Crippen molar-refractivity contribution in [3.63, 3.8) is 0 Å². The smallest absolute Gasteiger partial charge is 0.223 e. The predicted octanol–water partition coefficient (Wildman–Crippen LogP) is 4.24. The zero-order valence-corrected chi connectivity index (χ0v) is 12.3. The molecule has 0 aliphatic heterocycles. The van der Waals surface area contributed by atoms with Crippen LogP contribution < -0.4 is 5.32 Å². The number of hydrogen-bond donors (Lipinski definition) is 1. The Morgan fingerprint density at radius 1 is 1.26 bits per heavy atom. The van der Waals surface area contributed by atoms with Gasteiger partial charge in [0.1, 0.15) is 5.03 Å². The number of nitrogens with one attached hydrogen (secondary N) is 1. The van der Waals surface area contributed by atoms with Gasteiger partial charge < -0.3 is 5.32 Å². The summed E-state index contributed by atoms with van der Waals surface area (Å²) in [7, 11) is 0. The van der Waals surface area contributed by atoms with Crippen LogP contribution in [-0.2, 0) is 5.75 Å². The fourth-order valence-corrected chi connectivity index (χ4v) is 2.66. The summed E-state index contributed by atoms with van der Waals surface area (Å²) in [6, 6.07) is 9.79. The Labute approximate surface area is 122 Å². The van der Waals surface area contributed by atoms with E-state index in [0.29, 0.717) is 5.95 Å². The molecule has 1 N–H and O–H groups in total. The van der Waals surface area contributed by atoms with Gasteiger partial charge >= 0.3 is 0 Å². The predicted molar refractivity (Wildman–Crippen MR) is 81.8 cm³/mol. The molecule has 1 aromatic carbocycles. The van der Waals surface area contributed by atoms with Gasteiger partial charge in [0.05, 0.1) is 0 Å². The second kappa shape index (κ2) is 7.36. The number of anilines is 1. The molecule has 0 amide bonds. The van der Waals surface area contributed by atoms with Crippen LogP contribution in [-0.4, -0.2) is 16.5 Å². The summed E-state index contributed by atoms with van der Waals surface area (Å²) in [6.45, 7) is 3.00. The minimum atomic E-state index is 0.686. The molecular weight excluding hydrogens is 278 g/mol. The Kier molecular flexibility index (Phi) is 5.48. The normalized spacial score (nSPS) is 10.4. The van der Waals surface area contributed by atoms with Gasteiger partial charge in [0.25, 0.3) is 0 Å². The number of aromatic nitrogens is 2. The average Bonchev–Trinajstić information content (AvgIpc) is 2.45. The van der Waals surface area contributed by atoms with Gasteiger partial charge in [-0.15, -0.1) is 11.8 Å². The number of halogens is 1. The van der Waals surface area contributed by atoms with Gasteiger partial charge in [-0.1, -0.05) is 36.7 Å². The Balaban J connectivity index is 1.98. The third-order valence-electron chi connectivity index (χ3n) is 2.50. The van der Waals surface area contributed by atoms with Crippen molar-refractivity contribution in [2.24, 2.45) is 0 Å². The van der Waals surface area contributed by atoms with Crippen LogP contribution in [0.2, 0.25) is 5.02 Å². The lowest BCUT2D eigenvalue weighted by molar-refractivity contribution is 0.935. The molecule has 0 aliphatic rings. The maximum absolute atomic E-state index is 6.13. The minimum absolute atomic E-state index is 0.686. The highest BCUT2D eigenvalue weighted by molar-refractivity contribution is 7.98. The molecule has 0 aliphatic carbocycles. The molecule has 0 radical (unpaired) electrons. The summed E-state index contributed by atoms with van der Waals surface area (Å²) >= 11 is 7.79. The van der Waals surface area contributed by atoms with Crippen LogP contribution in [0.5, 0.6) is 0 Å². The number of thioether (sulfide) groups is 1. The van der Waals surface area contributed by atoms with E-state index >= 15 is 0 Å². The van der Waals surface area contributed by atoms with Gasteiger partial charge in [0.2, 0.25) is 5.95 Å². The molecule has 0 spiro atoms. The standard InChI is InChI=1S/C14H16ClN3S/c1-2-8-16-14-17-9-7-13(18-14)19-10-11-5-3-4-6-12(11)15/h3-7,9H,2,8,10H2,1H3,(H,16,17,18). The molecule has 0 fully saturated rings.